The van der Waals surface area contributed by atoms with E-state index in [0.717, 1.165) is 21.8 Å². The second kappa shape index (κ2) is 8.50. The predicted octanol–water partition coefficient (Wildman–Crippen LogP) is 5.63. The van der Waals surface area contributed by atoms with Gasteiger partial charge in [0.25, 0.3) is 10.0 Å². The number of carboxylic acids is 1. The normalized spacial score (nSPS) is 11.3. The number of nitrogens with zero attached hydrogens (tertiary/aromatic N) is 1. The molecule has 0 unspecified atom stereocenters. The van der Waals surface area contributed by atoms with Gasteiger partial charge in [-0.05, 0) is 48.5 Å². The zero-order valence-corrected chi connectivity index (χ0v) is 18.2. The third kappa shape index (κ3) is 4.77. The van der Waals surface area contributed by atoms with E-state index < -0.39 is 16.0 Å². The van der Waals surface area contributed by atoms with Gasteiger partial charge < -0.3 is 5.11 Å². The lowest BCUT2D eigenvalue weighted by atomic mass is 10.1. The van der Waals surface area contributed by atoms with Crippen LogP contribution in [0.1, 0.15) is 10.4 Å². The fourth-order valence-electron chi connectivity index (χ4n) is 2.83. The number of thiazole rings is 1. The number of anilines is 1. The lowest BCUT2D eigenvalue weighted by Gasteiger charge is -2.09. The van der Waals surface area contributed by atoms with E-state index in [1.165, 1.54) is 35.6 Å². The van der Waals surface area contributed by atoms with Gasteiger partial charge in [-0.3, -0.25) is 4.72 Å². The minimum Gasteiger partial charge on any atom is -0.478 e. The molecule has 0 spiro atoms. The Morgan fingerprint density at radius 3 is 2.13 bits per heavy atom. The van der Waals surface area contributed by atoms with Gasteiger partial charge in [0, 0.05) is 27.2 Å². The Morgan fingerprint density at radius 2 is 1.52 bits per heavy atom. The van der Waals surface area contributed by atoms with Crippen molar-refractivity contribution in [3.8, 4) is 21.8 Å². The molecule has 0 bridgehead atoms. The number of benzene rings is 3. The van der Waals surface area contributed by atoms with Crippen LogP contribution in [0.4, 0.5) is 5.69 Å². The first-order chi connectivity index (χ1) is 14.8. The van der Waals surface area contributed by atoms with Crippen molar-refractivity contribution in [3.05, 3.63) is 88.8 Å². The third-order valence-electron chi connectivity index (χ3n) is 4.44. The molecular formula is C22H15ClN2O4S2. The molecule has 1 aromatic heterocycles. The Balaban J connectivity index is 1.50. The van der Waals surface area contributed by atoms with E-state index in [1.807, 2.05) is 29.6 Å². The fraction of sp³-hybridized carbons (Fsp3) is 0. The van der Waals surface area contributed by atoms with E-state index in [1.54, 1.807) is 24.3 Å². The number of aromatic carboxylic acids is 1. The summed E-state index contributed by atoms with van der Waals surface area (Å²) in [5.41, 5.74) is 3.02. The highest BCUT2D eigenvalue weighted by Gasteiger charge is 2.15. The van der Waals surface area contributed by atoms with Crippen molar-refractivity contribution in [1.82, 2.24) is 4.98 Å². The maximum absolute atomic E-state index is 12.5. The molecule has 0 radical (unpaired) electrons. The van der Waals surface area contributed by atoms with Crippen LogP contribution in [0.15, 0.2) is 83.1 Å². The molecular weight excluding hydrogens is 456 g/mol. The highest BCUT2D eigenvalue weighted by Crippen LogP contribution is 2.30. The minimum atomic E-state index is -3.84. The van der Waals surface area contributed by atoms with Crippen LogP contribution in [0.5, 0.6) is 0 Å². The van der Waals surface area contributed by atoms with Crippen LogP contribution in [-0.2, 0) is 10.0 Å². The summed E-state index contributed by atoms with van der Waals surface area (Å²) in [6.07, 6.45) is 0. The number of nitrogens with one attached hydrogen (secondary N) is 1. The zero-order valence-electron chi connectivity index (χ0n) is 15.8. The largest absolute Gasteiger partial charge is 0.478 e. The number of carbonyl (C=O) groups is 1. The van der Waals surface area contributed by atoms with Crippen LogP contribution in [0.2, 0.25) is 5.02 Å². The molecule has 0 amide bonds. The Labute approximate surface area is 187 Å². The first kappa shape index (κ1) is 21.0. The van der Waals surface area contributed by atoms with Gasteiger partial charge in [-0.25, -0.2) is 18.2 Å². The van der Waals surface area contributed by atoms with E-state index in [9.17, 15) is 13.2 Å². The van der Waals surface area contributed by atoms with E-state index in [2.05, 4.69) is 9.71 Å². The number of rotatable bonds is 6. The van der Waals surface area contributed by atoms with E-state index in [0.29, 0.717) is 10.7 Å². The van der Waals surface area contributed by atoms with E-state index in [-0.39, 0.29) is 10.5 Å². The first-order valence-electron chi connectivity index (χ1n) is 9.00. The van der Waals surface area contributed by atoms with Gasteiger partial charge in [0.05, 0.1) is 16.2 Å². The summed E-state index contributed by atoms with van der Waals surface area (Å²) >= 11 is 7.44. The summed E-state index contributed by atoms with van der Waals surface area (Å²) in [7, 11) is -3.84. The molecule has 3 aromatic carbocycles. The topological polar surface area (TPSA) is 96.4 Å². The van der Waals surface area contributed by atoms with Crippen LogP contribution in [0, 0.1) is 0 Å². The SMILES string of the molecule is O=C(O)c1ccc(S(=O)(=O)Nc2ccc(-c3csc(-c4ccc(Cl)cc4)n3)cc2)cc1. The summed E-state index contributed by atoms with van der Waals surface area (Å²) < 4.78 is 27.6. The molecule has 0 fully saturated rings. The summed E-state index contributed by atoms with van der Waals surface area (Å²) in [6, 6.07) is 19.3. The maximum atomic E-state index is 12.5. The predicted molar refractivity (Wildman–Crippen MR) is 122 cm³/mol. The van der Waals surface area contributed by atoms with Gasteiger partial charge in [0.1, 0.15) is 5.01 Å². The summed E-state index contributed by atoms with van der Waals surface area (Å²) in [5.74, 6) is -1.12. The van der Waals surface area contributed by atoms with Gasteiger partial charge in [-0.15, -0.1) is 11.3 Å². The molecule has 31 heavy (non-hydrogen) atoms. The van der Waals surface area contributed by atoms with Crippen molar-refractivity contribution in [2.45, 2.75) is 4.90 Å². The molecule has 0 saturated heterocycles. The van der Waals surface area contributed by atoms with E-state index >= 15 is 0 Å². The molecule has 0 aliphatic rings. The number of sulfonamides is 1. The highest BCUT2D eigenvalue weighted by molar-refractivity contribution is 7.92. The maximum Gasteiger partial charge on any atom is 0.335 e. The summed E-state index contributed by atoms with van der Waals surface area (Å²) in [4.78, 5) is 15.5. The number of aromatic nitrogens is 1. The van der Waals surface area contributed by atoms with E-state index in [4.69, 9.17) is 16.7 Å². The number of hydrogen-bond acceptors (Lipinski definition) is 5. The molecule has 156 valence electrons. The van der Waals surface area contributed by atoms with Gasteiger partial charge in [0.15, 0.2) is 0 Å². The second-order valence-electron chi connectivity index (χ2n) is 6.56. The molecule has 0 aliphatic carbocycles. The zero-order chi connectivity index (χ0) is 22.0. The molecule has 0 saturated carbocycles. The molecule has 2 N–H and O–H groups in total. The highest BCUT2D eigenvalue weighted by atomic mass is 35.5. The van der Waals surface area contributed by atoms with Gasteiger partial charge in [0.2, 0.25) is 0 Å². The second-order valence-corrected chi connectivity index (χ2v) is 9.53. The smallest absolute Gasteiger partial charge is 0.335 e. The number of carboxylic acid groups (broad SMARTS) is 1. The third-order valence-corrected chi connectivity index (χ3v) is 6.98. The number of hydrogen-bond donors (Lipinski definition) is 2. The van der Waals surface area contributed by atoms with Crippen molar-refractivity contribution >= 4 is 44.6 Å². The lowest BCUT2D eigenvalue weighted by Crippen LogP contribution is -2.13. The molecule has 0 atom stereocenters. The molecule has 4 rings (SSSR count). The van der Waals surface area contributed by atoms with Crippen LogP contribution < -0.4 is 4.72 Å². The first-order valence-corrected chi connectivity index (χ1v) is 11.7. The Kier molecular flexibility index (Phi) is 5.77. The van der Waals surface area contributed by atoms with Gasteiger partial charge in [-0.2, -0.15) is 0 Å². The van der Waals surface area contributed by atoms with Crippen LogP contribution in [0.25, 0.3) is 21.8 Å². The molecule has 1 heterocycles. The van der Waals surface area contributed by atoms with Crippen molar-refractivity contribution in [3.63, 3.8) is 0 Å². The molecule has 4 aromatic rings. The Bertz CT molecular complexity index is 1330. The Morgan fingerprint density at radius 1 is 0.903 bits per heavy atom. The molecule has 0 aliphatic heterocycles. The summed E-state index contributed by atoms with van der Waals surface area (Å²) in [5, 5.41) is 12.4. The minimum absolute atomic E-state index is 0.0181. The average molecular weight is 471 g/mol. The van der Waals surface area contributed by atoms with Crippen molar-refractivity contribution in [2.24, 2.45) is 0 Å². The van der Waals surface area contributed by atoms with Crippen LogP contribution >= 0.6 is 22.9 Å². The summed E-state index contributed by atoms with van der Waals surface area (Å²) in [6.45, 7) is 0. The average Bonchev–Trinajstić information content (AvgIpc) is 3.25. The van der Waals surface area contributed by atoms with Gasteiger partial charge in [-0.1, -0.05) is 35.9 Å². The molecule has 6 nitrogen and oxygen atoms in total. The van der Waals surface area contributed by atoms with Crippen molar-refractivity contribution in [2.75, 3.05) is 4.72 Å². The standard InChI is InChI=1S/C22H15ClN2O4S2/c23-17-7-1-15(2-8-17)21-24-20(13-30-21)14-3-9-18(10-4-14)25-31(28,29)19-11-5-16(6-12-19)22(26)27/h1-13,25H,(H,26,27). The van der Waals surface area contributed by atoms with Crippen LogP contribution in [-0.4, -0.2) is 24.5 Å². The van der Waals surface area contributed by atoms with Crippen molar-refractivity contribution < 1.29 is 18.3 Å². The van der Waals surface area contributed by atoms with Crippen LogP contribution in [0.3, 0.4) is 0 Å². The Hall–Kier alpha value is -3.20. The lowest BCUT2D eigenvalue weighted by molar-refractivity contribution is 0.0696. The van der Waals surface area contributed by atoms with Gasteiger partial charge >= 0.3 is 5.97 Å². The van der Waals surface area contributed by atoms with Crippen molar-refractivity contribution in [1.29, 1.82) is 0 Å². The fourth-order valence-corrected chi connectivity index (χ4v) is 4.85. The number of halogens is 1. The monoisotopic (exact) mass is 470 g/mol. The molecule has 9 heteroatoms. The quantitative estimate of drug-likeness (QED) is 0.380.